The smallest absolute Gasteiger partial charge is 0.310 e. The maximum Gasteiger partial charge on any atom is 0.327 e. The third-order valence-electron chi connectivity index (χ3n) is 1.51. The average Bonchev–Trinajstić information content (AvgIpc) is 2.02. The average molecular weight is 199 g/mol. The molecule has 0 fully saturated rings. The first-order valence-corrected chi connectivity index (χ1v) is 4.44. The predicted molar refractivity (Wildman–Crippen MR) is 47.0 cm³/mol. The molecule has 0 atom stereocenters. The second-order valence-corrected chi connectivity index (χ2v) is 3.43. The maximum atomic E-state index is 11.1. The number of rotatable bonds is 0. The zero-order valence-corrected chi connectivity index (χ0v) is 7.16. The summed E-state index contributed by atoms with van der Waals surface area (Å²) < 4.78 is 0. The zero-order valence-electron chi connectivity index (χ0n) is 6.34. The van der Waals surface area contributed by atoms with Crippen molar-refractivity contribution < 1.29 is 4.79 Å². The molecule has 0 bridgehead atoms. The van der Waals surface area contributed by atoms with Crippen LogP contribution in [0.1, 0.15) is 0 Å². The number of H-pyrrole nitrogens is 2. The third kappa shape index (κ3) is 1.37. The Morgan fingerprint density at radius 2 is 1.92 bits per heavy atom. The van der Waals surface area contributed by atoms with E-state index in [0.717, 1.165) is 11.8 Å². The van der Waals surface area contributed by atoms with E-state index in [0.29, 0.717) is 4.90 Å². The van der Waals surface area contributed by atoms with Gasteiger partial charge in [-0.1, -0.05) is 0 Å². The fraction of sp³-hybridized carbons (Fsp3) is 0.167. The Labute approximate surface area is 75.8 Å². The molecule has 0 saturated carbocycles. The van der Waals surface area contributed by atoms with Crippen LogP contribution in [0.2, 0.25) is 0 Å². The number of nitrogens with one attached hydrogen (secondary N) is 3. The quantitative estimate of drug-likeness (QED) is 0.505. The van der Waals surface area contributed by atoms with Gasteiger partial charge in [0.05, 0.1) is 5.75 Å². The highest BCUT2D eigenvalue weighted by atomic mass is 32.2. The topological polar surface area (TPSA) is 94.8 Å². The number of hydrogen-bond acceptors (Lipinski definition) is 4. The molecule has 0 unspecified atom stereocenters. The van der Waals surface area contributed by atoms with Gasteiger partial charge < -0.3 is 5.32 Å². The summed E-state index contributed by atoms with van der Waals surface area (Å²) in [7, 11) is 0. The van der Waals surface area contributed by atoms with Crippen molar-refractivity contribution in [3.8, 4) is 0 Å². The summed E-state index contributed by atoms with van der Waals surface area (Å²) in [6, 6.07) is 0. The summed E-state index contributed by atoms with van der Waals surface area (Å²) in [4.78, 5) is 37.6. The number of carbonyl (C=O) groups excluding carboxylic acids is 1. The predicted octanol–water partition coefficient (Wildman–Crippen LogP) is -0.893. The minimum atomic E-state index is -0.619. The van der Waals surface area contributed by atoms with Gasteiger partial charge in [-0.25, -0.2) is 4.79 Å². The van der Waals surface area contributed by atoms with Gasteiger partial charge >= 0.3 is 5.69 Å². The minimum Gasteiger partial charge on any atom is -0.310 e. The third-order valence-corrected chi connectivity index (χ3v) is 2.60. The van der Waals surface area contributed by atoms with E-state index in [-0.39, 0.29) is 17.5 Å². The largest absolute Gasteiger partial charge is 0.327 e. The van der Waals surface area contributed by atoms with Gasteiger partial charge in [-0.2, -0.15) is 0 Å². The summed E-state index contributed by atoms with van der Waals surface area (Å²) >= 11 is 1.11. The second kappa shape index (κ2) is 2.77. The van der Waals surface area contributed by atoms with Crippen molar-refractivity contribution in [2.45, 2.75) is 4.90 Å². The molecule has 1 aliphatic rings. The molecule has 0 aliphatic carbocycles. The first-order valence-electron chi connectivity index (χ1n) is 3.46. The van der Waals surface area contributed by atoms with Crippen molar-refractivity contribution in [2.24, 2.45) is 0 Å². The van der Waals surface area contributed by atoms with Crippen LogP contribution in [-0.2, 0) is 4.79 Å². The van der Waals surface area contributed by atoms with Crippen LogP contribution in [0.4, 0.5) is 5.82 Å². The molecule has 0 spiro atoms. The van der Waals surface area contributed by atoms with E-state index in [1.807, 2.05) is 0 Å². The van der Waals surface area contributed by atoms with E-state index < -0.39 is 11.2 Å². The van der Waals surface area contributed by atoms with Crippen molar-refractivity contribution >= 4 is 23.5 Å². The van der Waals surface area contributed by atoms with E-state index in [4.69, 9.17) is 0 Å². The number of hydrogen-bond donors (Lipinski definition) is 3. The lowest BCUT2D eigenvalue weighted by atomic mass is 10.5. The van der Waals surface area contributed by atoms with Gasteiger partial charge in [0.25, 0.3) is 5.56 Å². The van der Waals surface area contributed by atoms with E-state index >= 15 is 0 Å². The summed E-state index contributed by atoms with van der Waals surface area (Å²) in [6.45, 7) is 0. The van der Waals surface area contributed by atoms with Crippen LogP contribution in [0, 0.1) is 0 Å². The Morgan fingerprint density at radius 3 is 2.69 bits per heavy atom. The maximum absolute atomic E-state index is 11.1. The molecule has 68 valence electrons. The number of amides is 1. The normalized spacial score (nSPS) is 14.9. The summed E-state index contributed by atoms with van der Waals surface area (Å²) in [5, 5.41) is 2.41. The molecule has 2 rings (SSSR count). The van der Waals surface area contributed by atoms with Crippen molar-refractivity contribution in [1.82, 2.24) is 9.97 Å². The standard InChI is InChI=1S/C6H5N3O3S/c10-2-1-13-3-4(7-2)8-6(12)9-5(3)11/h1H2,(H3,7,8,9,10,11,12). The number of aromatic nitrogens is 2. The van der Waals surface area contributed by atoms with Crippen LogP contribution in [0.3, 0.4) is 0 Å². The zero-order chi connectivity index (χ0) is 9.42. The molecule has 13 heavy (non-hydrogen) atoms. The summed E-state index contributed by atoms with van der Waals surface area (Å²) in [6.07, 6.45) is 0. The van der Waals surface area contributed by atoms with Gasteiger partial charge in [0.15, 0.2) is 0 Å². The number of anilines is 1. The molecule has 1 amide bonds. The van der Waals surface area contributed by atoms with Crippen LogP contribution < -0.4 is 16.6 Å². The Hall–Kier alpha value is -1.50. The number of carbonyl (C=O) groups is 1. The molecule has 7 heteroatoms. The summed E-state index contributed by atoms with van der Waals surface area (Å²) in [5.41, 5.74) is -1.09. The van der Waals surface area contributed by atoms with Crippen molar-refractivity contribution in [2.75, 3.05) is 11.1 Å². The SMILES string of the molecule is O=C1CSc2c([nH]c(=O)[nH]c2=O)N1. The molecule has 2 heterocycles. The van der Waals surface area contributed by atoms with Crippen LogP contribution in [0.15, 0.2) is 14.5 Å². The molecule has 0 aromatic carbocycles. The molecular weight excluding hydrogens is 194 g/mol. The minimum absolute atomic E-state index is 0.190. The van der Waals surface area contributed by atoms with E-state index in [1.165, 1.54) is 0 Å². The first-order chi connectivity index (χ1) is 6.16. The lowest BCUT2D eigenvalue weighted by molar-refractivity contribution is -0.113. The lowest BCUT2D eigenvalue weighted by Crippen LogP contribution is -2.31. The van der Waals surface area contributed by atoms with Crippen molar-refractivity contribution in [1.29, 1.82) is 0 Å². The van der Waals surface area contributed by atoms with Crippen molar-refractivity contribution in [3.05, 3.63) is 20.8 Å². The fourth-order valence-electron chi connectivity index (χ4n) is 1.01. The first kappa shape index (κ1) is 8.11. The number of aromatic amines is 2. The highest BCUT2D eigenvalue weighted by Gasteiger charge is 2.18. The number of thioether (sulfide) groups is 1. The Bertz CT molecular complexity index is 475. The molecule has 6 nitrogen and oxygen atoms in total. The van der Waals surface area contributed by atoms with Crippen LogP contribution in [0.5, 0.6) is 0 Å². The molecule has 3 N–H and O–H groups in total. The Balaban J connectivity index is 2.66. The Kier molecular flexibility index (Phi) is 1.73. The van der Waals surface area contributed by atoms with Crippen LogP contribution in [0.25, 0.3) is 0 Å². The van der Waals surface area contributed by atoms with Gasteiger partial charge in [-0.05, 0) is 0 Å². The van der Waals surface area contributed by atoms with Crippen LogP contribution >= 0.6 is 11.8 Å². The molecule has 1 aromatic heterocycles. The molecule has 0 saturated heterocycles. The molecular formula is C6H5N3O3S. The highest BCUT2D eigenvalue weighted by molar-refractivity contribution is 8.00. The Morgan fingerprint density at radius 1 is 1.15 bits per heavy atom. The fourth-order valence-corrected chi connectivity index (χ4v) is 1.79. The number of fused-ring (bicyclic) bond motifs is 1. The van der Waals surface area contributed by atoms with Gasteiger partial charge in [0, 0.05) is 0 Å². The van der Waals surface area contributed by atoms with Gasteiger partial charge in [0.2, 0.25) is 5.91 Å². The molecule has 1 aromatic rings. The van der Waals surface area contributed by atoms with Gasteiger partial charge in [-0.15, -0.1) is 11.8 Å². The molecule has 0 radical (unpaired) electrons. The monoisotopic (exact) mass is 199 g/mol. The van der Waals surface area contributed by atoms with E-state index in [1.54, 1.807) is 0 Å². The van der Waals surface area contributed by atoms with Gasteiger partial charge in [0.1, 0.15) is 10.7 Å². The second-order valence-electron chi connectivity index (χ2n) is 2.45. The lowest BCUT2D eigenvalue weighted by Gasteiger charge is -2.13. The van der Waals surface area contributed by atoms with E-state index in [2.05, 4.69) is 15.3 Å². The molecule has 1 aliphatic heterocycles. The highest BCUT2D eigenvalue weighted by Crippen LogP contribution is 2.23. The van der Waals surface area contributed by atoms with Crippen LogP contribution in [-0.4, -0.2) is 21.6 Å². The summed E-state index contributed by atoms with van der Waals surface area (Å²) in [5.74, 6) is 0.163. The van der Waals surface area contributed by atoms with E-state index in [9.17, 15) is 14.4 Å². The van der Waals surface area contributed by atoms with Gasteiger partial charge in [-0.3, -0.25) is 19.6 Å². The van der Waals surface area contributed by atoms with Crippen molar-refractivity contribution in [3.63, 3.8) is 0 Å².